The molecule has 6 nitrogen and oxygen atoms in total. The van der Waals surface area contributed by atoms with Crippen molar-refractivity contribution in [3.05, 3.63) is 76.9 Å². The molecule has 0 aliphatic rings. The summed E-state index contributed by atoms with van der Waals surface area (Å²) in [7, 11) is 3.01. The van der Waals surface area contributed by atoms with E-state index < -0.39 is 0 Å². The SMILES string of the molecule is COc1cc(C(=O)Nc2cc(Cl)ccn2)cc(OC)c1OCc1ccccc1. The van der Waals surface area contributed by atoms with Gasteiger partial charge in [-0.2, -0.15) is 0 Å². The van der Waals surface area contributed by atoms with Crippen LogP contribution in [0.25, 0.3) is 0 Å². The smallest absolute Gasteiger partial charge is 0.257 e. The topological polar surface area (TPSA) is 69.7 Å². The summed E-state index contributed by atoms with van der Waals surface area (Å²) in [6.45, 7) is 0.339. The fraction of sp³-hybridized carbons (Fsp3) is 0.143. The number of rotatable bonds is 7. The molecule has 3 rings (SSSR count). The molecule has 28 heavy (non-hydrogen) atoms. The minimum Gasteiger partial charge on any atom is -0.493 e. The summed E-state index contributed by atoms with van der Waals surface area (Å²) in [6.07, 6.45) is 1.51. The zero-order valence-electron chi connectivity index (χ0n) is 15.4. The van der Waals surface area contributed by atoms with Gasteiger partial charge in [0.15, 0.2) is 11.5 Å². The molecule has 0 saturated heterocycles. The summed E-state index contributed by atoms with van der Waals surface area (Å²) in [6, 6.07) is 16.1. The summed E-state index contributed by atoms with van der Waals surface area (Å²) >= 11 is 5.93. The highest BCUT2D eigenvalue weighted by molar-refractivity contribution is 6.30. The molecule has 1 N–H and O–H groups in total. The van der Waals surface area contributed by atoms with Gasteiger partial charge in [0.2, 0.25) is 5.75 Å². The lowest BCUT2D eigenvalue weighted by Gasteiger charge is -2.16. The lowest BCUT2D eigenvalue weighted by Crippen LogP contribution is -2.13. The fourth-order valence-corrected chi connectivity index (χ4v) is 2.70. The zero-order chi connectivity index (χ0) is 19.9. The Morgan fingerprint density at radius 1 is 1.04 bits per heavy atom. The van der Waals surface area contributed by atoms with Crippen molar-refractivity contribution in [3.8, 4) is 17.2 Å². The van der Waals surface area contributed by atoms with Crippen molar-refractivity contribution in [1.82, 2.24) is 4.98 Å². The number of pyridine rings is 1. The maximum atomic E-state index is 12.6. The van der Waals surface area contributed by atoms with Crippen molar-refractivity contribution in [3.63, 3.8) is 0 Å². The van der Waals surface area contributed by atoms with E-state index in [1.54, 1.807) is 24.3 Å². The summed E-state index contributed by atoms with van der Waals surface area (Å²) in [4.78, 5) is 16.7. The highest BCUT2D eigenvalue weighted by atomic mass is 35.5. The van der Waals surface area contributed by atoms with Gasteiger partial charge in [-0.05, 0) is 29.8 Å². The Morgan fingerprint density at radius 2 is 1.71 bits per heavy atom. The van der Waals surface area contributed by atoms with Gasteiger partial charge in [0.1, 0.15) is 12.4 Å². The van der Waals surface area contributed by atoms with E-state index in [2.05, 4.69) is 10.3 Å². The van der Waals surface area contributed by atoms with Crippen LogP contribution in [0, 0.1) is 0 Å². The number of carbonyl (C=O) groups excluding carboxylic acids is 1. The van der Waals surface area contributed by atoms with Crippen LogP contribution in [0.2, 0.25) is 5.02 Å². The lowest BCUT2D eigenvalue weighted by atomic mass is 10.1. The van der Waals surface area contributed by atoms with Gasteiger partial charge in [-0.3, -0.25) is 4.79 Å². The van der Waals surface area contributed by atoms with E-state index in [4.69, 9.17) is 25.8 Å². The number of aromatic nitrogens is 1. The van der Waals surface area contributed by atoms with E-state index in [0.29, 0.717) is 40.3 Å². The van der Waals surface area contributed by atoms with Gasteiger partial charge < -0.3 is 19.5 Å². The van der Waals surface area contributed by atoms with Crippen LogP contribution in [0.1, 0.15) is 15.9 Å². The average Bonchev–Trinajstić information content (AvgIpc) is 2.72. The molecule has 7 heteroatoms. The second kappa shape index (κ2) is 9.10. The number of hydrogen-bond donors (Lipinski definition) is 1. The van der Waals surface area contributed by atoms with E-state index in [-0.39, 0.29) is 5.91 Å². The molecule has 0 bridgehead atoms. The van der Waals surface area contributed by atoms with Gasteiger partial charge in [0.25, 0.3) is 5.91 Å². The van der Waals surface area contributed by atoms with Crippen LogP contribution >= 0.6 is 11.6 Å². The third-order valence-corrected chi connectivity index (χ3v) is 4.15. The molecule has 0 atom stereocenters. The molecule has 1 amide bonds. The molecule has 2 aromatic carbocycles. The van der Waals surface area contributed by atoms with E-state index in [1.165, 1.54) is 20.4 Å². The number of ether oxygens (including phenoxy) is 3. The average molecular weight is 399 g/mol. The van der Waals surface area contributed by atoms with Crippen molar-refractivity contribution in [1.29, 1.82) is 0 Å². The number of anilines is 1. The molecule has 1 aromatic heterocycles. The molecule has 3 aromatic rings. The first-order valence-corrected chi connectivity index (χ1v) is 8.84. The third-order valence-electron chi connectivity index (χ3n) is 3.91. The van der Waals surface area contributed by atoms with E-state index in [0.717, 1.165) is 5.56 Å². The number of nitrogens with zero attached hydrogens (tertiary/aromatic N) is 1. The third kappa shape index (κ3) is 4.72. The predicted octanol–water partition coefficient (Wildman–Crippen LogP) is 4.58. The summed E-state index contributed by atoms with van der Waals surface area (Å²) in [5, 5.41) is 3.17. The van der Waals surface area contributed by atoms with Gasteiger partial charge >= 0.3 is 0 Å². The van der Waals surface area contributed by atoms with Gasteiger partial charge in [-0.1, -0.05) is 41.9 Å². The predicted molar refractivity (Wildman–Crippen MR) is 108 cm³/mol. The van der Waals surface area contributed by atoms with Crippen molar-refractivity contribution < 1.29 is 19.0 Å². The Kier molecular flexibility index (Phi) is 6.34. The molecule has 0 aliphatic heterocycles. The van der Waals surface area contributed by atoms with Crippen LogP contribution in [0.3, 0.4) is 0 Å². The molecule has 0 aliphatic carbocycles. The highest BCUT2D eigenvalue weighted by Crippen LogP contribution is 2.39. The normalized spacial score (nSPS) is 10.2. The van der Waals surface area contributed by atoms with Gasteiger partial charge in [-0.25, -0.2) is 4.98 Å². The van der Waals surface area contributed by atoms with E-state index in [1.807, 2.05) is 30.3 Å². The van der Waals surface area contributed by atoms with E-state index >= 15 is 0 Å². The van der Waals surface area contributed by atoms with E-state index in [9.17, 15) is 4.79 Å². The Hall–Kier alpha value is -3.25. The Labute approximate surface area is 168 Å². The minimum absolute atomic E-state index is 0.336. The number of methoxy groups -OCH3 is 2. The van der Waals surface area contributed by atoms with Crippen LogP contribution < -0.4 is 19.5 Å². The molecule has 0 fully saturated rings. The number of hydrogen-bond acceptors (Lipinski definition) is 5. The fourth-order valence-electron chi connectivity index (χ4n) is 2.54. The van der Waals surface area contributed by atoms with Crippen molar-refractivity contribution in [2.45, 2.75) is 6.61 Å². The van der Waals surface area contributed by atoms with Gasteiger partial charge in [0, 0.05) is 16.8 Å². The monoisotopic (exact) mass is 398 g/mol. The van der Waals surface area contributed by atoms with Crippen molar-refractivity contribution in [2.75, 3.05) is 19.5 Å². The van der Waals surface area contributed by atoms with Crippen LogP contribution in [-0.2, 0) is 6.61 Å². The van der Waals surface area contributed by atoms with Crippen molar-refractivity contribution in [2.24, 2.45) is 0 Å². The van der Waals surface area contributed by atoms with Crippen LogP contribution in [0.5, 0.6) is 17.2 Å². The Morgan fingerprint density at radius 3 is 2.32 bits per heavy atom. The molecular weight excluding hydrogens is 380 g/mol. The first-order chi connectivity index (χ1) is 13.6. The van der Waals surface area contributed by atoms with Crippen molar-refractivity contribution >= 4 is 23.3 Å². The Balaban J connectivity index is 1.84. The van der Waals surface area contributed by atoms with Crippen LogP contribution in [0.4, 0.5) is 5.82 Å². The molecule has 0 saturated carbocycles. The zero-order valence-corrected chi connectivity index (χ0v) is 16.2. The molecule has 0 unspecified atom stereocenters. The standard InChI is InChI=1S/C21H19ClN2O4/c1-26-17-10-15(21(25)24-19-12-16(22)8-9-23-19)11-18(27-2)20(17)28-13-14-6-4-3-5-7-14/h3-12H,13H2,1-2H3,(H,23,24,25). The number of nitrogens with one attached hydrogen (secondary N) is 1. The van der Waals surface area contributed by atoms with Crippen LogP contribution in [-0.4, -0.2) is 25.1 Å². The number of carbonyl (C=O) groups is 1. The maximum Gasteiger partial charge on any atom is 0.257 e. The first kappa shape index (κ1) is 19.5. The van der Waals surface area contributed by atoms with Crippen LogP contribution in [0.15, 0.2) is 60.8 Å². The largest absolute Gasteiger partial charge is 0.493 e. The first-order valence-electron chi connectivity index (χ1n) is 8.46. The molecular formula is C21H19ClN2O4. The lowest BCUT2D eigenvalue weighted by molar-refractivity contribution is 0.102. The Bertz CT molecular complexity index is 939. The quantitative estimate of drug-likeness (QED) is 0.630. The second-order valence-electron chi connectivity index (χ2n) is 5.80. The maximum absolute atomic E-state index is 12.6. The minimum atomic E-state index is -0.374. The van der Waals surface area contributed by atoms with Gasteiger partial charge in [0.05, 0.1) is 14.2 Å². The molecule has 0 radical (unpaired) electrons. The summed E-state index contributed by atoms with van der Waals surface area (Å²) in [5.74, 6) is 1.17. The molecule has 1 heterocycles. The molecule has 144 valence electrons. The summed E-state index contributed by atoms with van der Waals surface area (Å²) in [5.41, 5.74) is 1.34. The number of benzene rings is 2. The number of halogens is 1. The summed E-state index contributed by atoms with van der Waals surface area (Å²) < 4.78 is 16.7. The number of amides is 1. The van der Waals surface area contributed by atoms with Gasteiger partial charge in [-0.15, -0.1) is 0 Å². The second-order valence-corrected chi connectivity index (χ2v) is 6.23. The molecule has 0 spiro atoms. The highest BCUT2D eigenvalue weighted by Gasteiger charge is 2.18.